The Morgan fingerprint density at radius 3 is 2.81 bits per heavy atom. The number of fused-ring (bicyclic) bond motifs is 1. The summed E-state index contributed by atoms with van der Waals surface area (Å²) < 4.78 is 1.57. The number of carboxylic acids is 1. The monoisotopic (exact) mass is 288 g/mol. The van der Waals surface area contributed by atoms with Crippen LogP contribution >= 0.6 is 0 Å². The third-order valence-corrected chi connectivity index (χ3v) is 3.40. The minimum Gasteiger partial charge on any atom is -0.478 e. The van der Waals surface area contributed by atoms with Crippen LogP contribution in [0.2, 0.25) is 0 Å². The summed E-state index contributed by atoms with van der Waals surface area (Å²) in [4.78, 5) is 35.8. The molecule has 108 valence electrons. The predicted molar refractivity (Wildman–Crippen MR) is 73.2 cm³/mol. The highest BCUT2D eigenvalue weighted by Gasteiger charge is 2.27. The van der Waals surface area contributed by atoms with Crippen LogP contribution in [0, 0.1) is 0 Å². The zero-order valence-electron chi connectivity index (χ0n) is 11.2. The van der Waals surface area contributed by atoms with E-state index in [4.69, 9.17) is 0 Å². The zero-order chi connectivity index (χ0) is 15.1. The Bertz CT molecular complexity index is 780. The lowest BCUT2D eigenvalue weighted by molar-refractivity contribution is -0.120. The highest BCUT2D eigenvalue weighted by atomic mass is 16.4. The topological polar surface area (TPSA) is 105 Å². The van der Waals surface area contributed by atoms with E-state index in [-0.39, 0.29) is 24.4 Å². The van der Waals surface area contributed by atoms with Crippen molar-refractivity contribution in [3.63, 3.8) is 0 Å². The summed E-state index contributed by atoms with van der Waals surface area (Å²) in [6.45, 7) is 0.202. The molecule has 3 rings (SSSR count). The number of hydrogen-bond donors (Lipinski definition) is 2. The van der Waals surface area contributed by atoms with Crippen molar-refractivity contribution in [3.05, 3.63) is 23.9 Å². The molecule has 0 atom stereocenters. The van der Waals surface area contributed by atoms with Crippen LogP contribution in [0.15, 0.2) is 18.3 Å². The Kier molecular flexibility index (Phi) is 2.86. The van der Waals surface area contributed by atoms with Gasteiger partial charge in [-0.1, -0.05) is 0 Å². The van der Waals surface area contributed by atoms with Crippen LogP contribution in [0.25, 0.3) is 10.9 Å². The second-order valence-corrected chi connectivity index (χ2v) is 4.76. The Balaban J connectivity index is 2.20. The second-order valence-electron chi connectivity index (χ2n) is 4.76. The van der Waals surface area contributed by atoms with E-state index in [1.165, 1.54) is 23.2 Å². The molecule has 0 radical (unpaired) electrons. The quantitative estimate of drug-likeness (QED) is 0.847. The van der Waals surface area contributed by atoms with Gasteiger partial charge in [0.15, 0.2) is 0 Å². The zero-order valence-corrected chi connectivity index (χ0v) is 11.2. The van der Waals surface area contributed by atoms with Crippen LogP contribution in [0.4, 0.5) is 10.5 Å². The number of urea groups is 1. The van der Waals surface area contributed by atoms with Gasteiger partial charge in [0.25, 0.3) is 0 Å². The summed E-state index contributed by atoms with van der Waals surface area (Å²) in [7, 11) is 1.71. The molecule has 3 amide bonds. The number of carbonyl (C=O) groups excluding carboxylic acids is 2. The van der Waals surface area contributed by atoms with Gasteiger partial charge in [-0.3, -0.25) is 19.7 Å². The summed E-state index contributed by atoms with van der Waals surface area (Å²) >= 11 is 0. The molecule has 1 fully saturated rings. The fourth-order valence-electron chi connectivity index (χ4n) is 2.42. The van der Waals surface area contributed by atoms with E-state index in [2.05, 4.69) is 10.4 Å². The molecule has 0 spiro atoms. The number of nitrogens with zero attached hydrogens (tertiary/aromatic N) is 3. The maximum Gasteiger partial charge on any atom is 0.335 e. The molecule has 2 N–H and O–H groups in total. The van der Waals surface area contributed by atoms with E-state index >= 15 is 0 Å². The fraction of sp³-hybridized carbons (Fsp3) is 0.231. The number of amides is 3. The van der Waals surface area contributed by atoms with Crippen molar-refractivity contribution in [2.75, 3.05) is 11.4 Å². The highest BCUT2D eigenvalue weighted by molar-refractivity contribution is 6.10. The van der Waals surface area contributed by atoms with Gasteiger partial charge in [0.2, 0.25) is 5.91 Å². The lowest BCUT2D eigenvalue weighted by Gasteiger charge is -2.27. The first-order valence-corrected chi connectivity index (χ1v) is 6.28. The SMILES string of the molecule is Cn1ncc2cc(C(=O)O)cc(N3CCC(=O)NC3=O)c21. The summed E-state index contributed by atoms with van der Waals surface area (Å²) in [6.07, 6.45) is 1.71. The van der Waals surface area contributed by atoms with Crippen LogP contribution in [0.3, 0.4) is 0 Å². The van der Waals surface area contributed by atoms with Crippen molar-refractivity contribution in [2.24, 2.45) is 7.05 Å². The normalized spacial score (nSPS) is 15.4. The summed E-state index contributed by atoms with van der Waals surface area (Å²) in [5.74, 6) is -1.43. The van der Waals surface area contributed by atoms with Gasteiger partial charge >= 0.3 is 12.0 Å². The third kappa shape index (κ3) is 2.10. The molecule has 2 heterocycles. The molecular formula is C13H12N4O4. The Morgan fingerprint density at radius 1 is 1.38 bits per heavy atom. The molecule has 8 heteroatoms. The number of aromatic carboxylic acids is 1. The molecule has 0 saturated carbocycles. The Hall–Kier alpha value is -2.90. The van der Waals surface area contributed by atoms with Gasteiger partial charge in [-0.25, -0.2) is 9.59 Å². The number of hydrogen-bond acceptors (Lipinski definition) is 4. The van der Waals surface area contributed by atoms with E-state index in [1.54, 1.807) is 11.7 Å². The second kappa shape index (κ2) is 4.58. The summed E-state index contributed by atoms with van der Waals surface area (Å²) in [5, 5.41) is 16.1. The van der Waals surface area contributed by atoms with E-state index in [0.29, 0.717) is 16.6 Å². The Morgan fingerprint density at radius 2 is 2.14 bits per heavy atom. The van der Waals surface area contributed by atoms with Gasteiger partial charge in [-0.05, 0) is 12.1 Å². The molecule has 0 unspecified atom stereocenters. The van der Waals surface area contributed by atoms with Gasteiger partial charge in [0.05, 0.1) is 23.0 Å². The number of nitrogens with one attached hydrogen (secondary N) is 1. The van der Waals surface area contributed by atoms with Crippen molar-refractivity contribution in [3.8, 4) is 0 Å². The number of carbonyl (C=O) groups is 3. The standard InChI is InChI=1S/C13H12N4O4/c1-16-11-8(6-14-16)4-7(12(19)20)5-9(11)17-3-2-10(18)15-13(17)21/h4-6H,2-3H2,1H3,(H,19,20)(H,15,18,21). The van der Waals surface area contributed by atoms with Gasteiger partial charge in [0, 0.05) is 25.4 Å². The summed E-state index contributed by atoms with van der Waals surface area (Å²) in [5.41, 5.74) is 1.13. The van der Waals surface area contributed by atoms with Crippen LogP contribution in [0.5, 0.6) is 0 Å². The van der Waals surface area contributed by atoms with E-state index < -0.39 is 12.0 Å². The van der Waals surface area contributed by atoms with E-state index in [0.717, 1.165) is 0 Å². The average molecular weight is 288 g/mol. The van der Waals surface area contributed by atoms with Crippen molar-refractivity contribution < 1.29 is 19.5 Å². The molecule has 2 aromatic rings. The van der Waals surface area contributed by atoms with Crippen molar-refractivity contribution in [2.45, 2.75) is 6.42 Å². The number of carboxylic acid groups (broad SMARTS) is 1. The van der Waals surface area contributed by atoms with Crippen molar-refractivity contribution in [1.29, 1.82) is 0 Å². The first kappa shape index (κ1) is 13.1. The molecule has 1 saturated heterocycles. The average Bonchev–Trinajstić information content (AvgIpc) is 2.80. The highest BCUT2D eigenvalue weighted by Crippen LogP contribution is 2.29. The lowest BCUT2D eigenvalue weighted by atomic mass is 10.1. The maximum atomic E-state index is 12.0. The van der Waals surface area contributed by atoms with Crippen LogP contribution in [0.1, 0.15) is 16.8 Å². The molecule has 0 aliphatic carbocycles. The van der Waals surface area contributed by atoms with Gasteiger partial charge in [0.1, 0.15) is 0 Å². The minimum atomic E-state index is -1.09. The number of aryl methyl sites for hydroxylation is 1. The smallest absolute Gasteiger partial charge is 0.335 e. The number of aromatic nitrogens is 2. The molecule has 1 aliphatic rings. The van der Waals surface area contributed by atoms with Crippen molar-refractivity contribution >= 4 is 34.5 Å². The molecule has 1 aromatic carbocycles. The van der Waals surface area contributed by atoms with E-state index in [1.807, 2.05) is 0 Å². The fourth-order valence-corrected chi connectivity index (χ4v) is 2.42. The molecular weight excluding hydrogens is 276 g/mol. The third-order valence-electron chi connectivity index (χ3n) is 3.40. The predicted octanol–water partition coefficient (Wildman–Crippen LogP) is 0.718. The van der Waals surface area contributed by atoms with Crippen LogP contribution in [-0.2, 0) is 11.8 Å². The van der Waals surface area contributed by atoms with Gasteiger partial charge in [-0.15, -0.1) is 0 Å². The number of benzene rings is 1. The largest absolute Gasteiger partial charge is 0.478 e. The molecule has 1 aliphatic heterocycles. The molecule has 8 nitrogen and oxygen atoms in total. The molecule has 0 bridgehead atoms. The number of anilines is 1. The molecule has 21 heavy (non-hydrogen) atoms. The number of rotatable bonds is 2. The minimum absolute atomic E-state index is 0.0650. The van der Waals surface area contributed by atoms with Gasteiger partial charge in [-0.2, -0.15) is 5.10 Å². The maximum absolute atomic E-state index is 12.0. The van der Waals surface area contributed by atoms with Crippen LogP contribution < -0.4 is 10.2 Å². The van der Waals surface area contributed by atoms with Crippen molar-refractivity contribution in [1.82, 2.24) is 15.1 Å². The first-order valence-electron chi connectivity index (χ1n) is 6.28. The summed E-state index contributed by atoms with van der Waals surface area (Å²) in [6, 6.07) is 2.36. The number of imide groups is 1. The lowest BCUT2D eigenvalue weighted by Crippen LogP contribution is -2.49. The van der Waals surface area contributed by atoms with E-state index in [9.17, 15) is 19.5 Å². The first-order chi connectivity index (χ1) is 9.97. The van der Waals surface area contributed by atoms with Crippen LogP contribution in [-0.4, -0.2) is 39.3 Å². The Labute approximate surface area is 118 Å². The molecule has 1 aromatic heterocycles. The van der Waals surface area contributed by atoms with Gasteiger partial charge < -0.3 is 5.11 Å².